The molecule has 0 aromatic heterocycles. The summed E-state index contributed by atoms with van der Waals surface area (Å²) < 4.78 is 14.6. The van der Waals surface area contributed by atoms with Crippen LogP contribution in [0.25, 0.3) is 0 Å². The van der Waals surface area contributed by atoms with E-state index in [1.54, 1.807) is 12.1 Å². The van der Waals surface area contributed by atoms with Crippen LogP contribution < -0.4 is 5.73 Å². The first-order valence-corrected chi connectivity index (χ1v) is 6.69. The third-order valence-corrected chi connectivity index (χ3v) is 3.61. The summed E-state index contributed by atoms with van der Waals surface area (Å²) in [4.78, 5) is 0. The van der Waals surface area contributed by atoms with Crippen LogP contribution >= 0.6 is 27.5 Å². The van der Waals surface area contributed by atoms with Gasteiger partial charge in [0.15, 0.2) is 0 Å². The summed E-state index contributed by atoms with van der Waals surface area (Å²) in [6.07, 6.45) is 0.377. The maximum atomic E-state index is 13.7. The van der Waals surface area contributed by atoms with Gasteiger partial charge in [-0.2, -0.15) is 0 Å². The predicted molar refractivity (Wildman–Crippen MR) is 76.2 cm³/mol. The van der Waals surface area contributed by atoms with E-state index in [2.05, 4.69) is 15.9 Å². The number of hydrogen-bond donors (Lipinski definition) is 1. The molecule has 2 aromatic rings. The van der Waals surface area contributed by atoms with E-state index in [1.165, 1.54) is 6.07 Å². The van der Waals surface area contributed by atoms with Crippen molar-refractivity contribution in [1.29, 1.82) is 0 Å². The van der Waals surface area contributed by atoms with E-state index >= 15 is 0 Å². The number of halogens is 3. The maximum Gasteiger partial charge on any atom is 0.127 e. The Bertz CT molecular complexity index is 539. The SMILES string of the molecule is NC(Cc1c(F)cccc1Cl)c1cccc(Br)c1. The standard InChI is InChI=1S/C14H12BrClFN/c15-10-4-1-3-9(7-10)14(18)8-11-12(16)5-2-6-13(11)17/h1-7,14H,8,18H2. The molecular weight excluding hydrogens is 317 g/mol. The van der Waals surface area contributed by atoms with Gasteiger partial charge in [-0.3, -0.25) is 0 Å². The average Bonchev–Trinajstić information content (AvgIpc) is 2.34. The van der Waals surface area contributed by atoms with E-state index in [9.17, 15) is 4.39 Å². The molecule has 0 fully saturated rings. The van der Waals surface area contributed by atoms with Gasteiger partial charge in [0.05, 0.1) is 0 Å². The lowest BCUT2D eigenvalue weighted by Crippen LogP contribution is -2.14. The van der Waals surface area contributed by atoms with E-state index in [0.29, 0.717) is 17.0 Å². The fraction of sp³-hybridized carbons (Fsp3) is 0.143. The minimum Gasteiger partial charge on any atom is -0.324 e. The molecule has 0 aliphatic heterocycles. The van der Waals surface area contributed by atoms with Crippen LogP contribution in [0.5, 0.6) is 0 Å². The summed E-state index contributed by atoms with van der Waals surface area (Å²) in [5.41, 5.74) is 7.50. The molecule has 0 radical (unpaired) electrons. The molecule has 18 heavy (non-hydrogen) atoms. The van der Waals surface area contributed by atoms with Crippen LogP contribution in [-0.2, 0) is 6.42 Å². The third-order valence-electron chi connectivity index (χ3n) is 2.76. The van der Waals surface area contributed by atoms with Crippen LogP contribution in [0.4, 0.5) is 4.39 Å². The van der Waals surface area contributed by atoms with Gasteiger partial charge in [-0.15, -0.1) is 0 Å². The van der Waals surface area contributed by atoms with Crippen molar-refractivity contribution in [3.63, 3.8) is 0 Å². The minimum absolute atomic E-state index is 0.281. The summed E-state index contributed by atoms with van der Waals surface area (Å²) in [6, 6.07) is 12.1. The van der Waals surface area contributed by atoms with E-state index in [1.807, 2.05) is 24.3 Å². The lowest BCUT2D eigenvalue weighted by atomic mass is 9.99. The number of nitrogens with two attached hydrogens (primary N) is 1. The number of benzene rings is 2. The van der Waals surface area contributed by atoms with Gasteiger partial charge >= 0.3 is 0 Å². The van der Waals surface area contributed by atoms with Crippen molar-refractivity contribution in [2.24, 2.45) is 5.73 Å². The highest BCUT2D eigenvalue weighted by Crippen LogP contribution is 2.25. The Labute approximate surface area is 119 Å². The highest BCUT2D eigenvalue weighted by molar-refractivity contribution is 9.10. The number of hydrogen-bond acceptors (Lipinski definition) is 1. The normalized spacial score (nSPS) is 12.4. The Morgan fingerprint density at radius 3 is 2.61 bits per heavy atom. The molecule has 0 amide bonds. The van der Waals surface area contributed by atoms with Gasteiger partial charge in [0.1, 0.15) is 5.82 Å². The van der Waals surface area contributed by atoms with E-state index in [0.717, 1.165) is 10.0 Å². The molecule has 2 N–H and O–H groups in total. The van der Waals surface area contributed by atoms with E-state index in [4.69, 9.17) is 17.3 Å². The van der Waals surface area contributed by atoms with Crippen molar-refractivity contribution in [2.75, 3.05) is 0 Å². The van der Waals surface area contributed by atoms with Crippen LogP contribution in [0.15, 0.2) is 46.9 Å². The first-order valence-electron chi connectivity index (χ1n) is 5.52. The van der Waals surface area contributed by atoms with E-state index in [-0.39, 0.29) is 11.9 Å². The molecule has 2 aromatic carbocycles. The van der Waals surface area contributed by atoms with Crippen LogP contribution in [-0.4, -0.2) is 0 Å². The Balaban J connectivity index is 2.24. The highest BCUT2D eigenvalue weighted by atomic mass is 79.9. The van der Waals surface area contributed by atoms with Crippen molar-refractivity contribution >= 4 is 27.5 Å². The zero-order valence-corrected chi connectivity index (χ0v) is 11.9. The zero-order chi connectivity index (χ0) is 13.1. The average molecular weight is 329 g/mol. The molecule has 0 bridgehead atoms. The summed E-state index contributed by atoms with van der Waals surface area (Å²) in [6.45, 7) is 0. The molecule has 0 saturated carbocycles. The molecule has 1 nitrogen and oxygen atoms in total. The van der Waals surface area contributed by atoms with Crippen molar-refractivity contribution in [1.82, 2.24) is 0 Å². The molecule has 4 heteroatoms. The molecule has 0 aliphatic carbocycles. The molecular formula is C14H12BrClFN. The van der Waals surface area contributed by atoms with Gasteiger partial charge in [0.2, 0.25) is 0 Å². The second-order valence-corrected chi connectivity index (χ2v) is 5.39. The molecule has 0 spiro atoms. The summed E-state index contributed by atoms with van der Waals surface area (Å²) in [5.74, 6) is -0.312. The fourth-order valence-corrected chi connectivity index (χ4v) is 2.46. The Hall–Kier alpha value is -0.900. The van der Waals surface area contributed by atoms with Crippen molar-refractivity contribution in [3.05, 3.63) is 68.9 Å². The molecule has 0 saturated heterocycles. The van der Waals surface area contributed by atoms with E-state index < -0.39 is 0 Å². The van der Waals surface area contributed by atoms with Gasteiger partial charge in [-0.25, -0.2) is 4.39 Å². The number of rotatable bonds is 3. The second kappa shape index (κ2) is 5.83. The predicted octanol–water partition coefficient (Wildman–Crippen LogP) is 4.48. The molecule has 1 atom stereocenters. The maximum absolute atomic E-state index is 13.7. The smallest absolute Gasteiger partial charge is 0.127 e. The largest absolute Gasteiger partial charge is 0.324 e. The minimum atomic E-state index is -0.312. The fourth-order valence-electron chi connectivity index (χ4n) is 1.80. The lowest BCUT2D eigenvalue weighted by molar-refractivity contribution is 0.593. The summed E-state index contributed by atoms with van der Waals surface area (Å²) >= 11 is 9.38. The third kappa shape index (κ3) is 3.10. The van der Waals surface area contributed by atoms with Crippen LogP contribution in [0.1, 0.15) is 17.2 Å². The summed E-state index contributed by atoms with van der Waals surface area (Å²) in [7, 11) is 0. The van der Waals surface area contributed by atoms with Crippen molar-refractivity contribution in [3.8, 4) is 0 Å². The van der Waals surface area contributed by atoms with Crippen LogP contribution in [0, 0.1) is 5.82 Å². The molecule has 0 heterocycles. The summed E-state index contributed by atoms with van der Waals surface area (Å²) in [5, 5.41) is 0.417. The van der Waals surface area contributed by atoms with Gasteiger partial charge in [0.25, 0.3) is 0 Å². The molecule has 94 valence electrons. The van der Waals surface area contributed by atoms with Gasteiger partial charge in [-0.05, 0) is 36.2 Å². The Morgan fingerprint density at radius 2 is 1.94 bits per heavy atom. The Morgan fingerprint density at radius 1 is 1.22 bits per heavy atom. The second-order valence-electron chi connectivity index (χ2n) is 4.07. The van der Waals surface area contributed by atoms with Gasteiger partial charge < -0.3 is 5.73 Å². The van der Waals surface area contributed by atoms with Crippen LogP contribution in [0.2, 0.25) is 5.02 Å². The monoisotopic (exact) mass is 327 g/mol. The van der Waals surface area contributed by atoms with Crippen molar-refractivity contribution < 1.29 is 4.39 Å². The lowest BCUT2D eigenvalue weighted by Gasteiger charge is -2.14. The molecule has 1 unspecified atom stereocenters. The zero-order valence-electron chi connectivity index (χ0n) is 9.54. The molecule has 0 aliphatic rings. The Kier molecular flexibility index (Phi) is 4.38. The quantitative estimate of drug-likeness (QED) is 0.883. The first kappa shape index (κ1) is 13.5. The topological polar surface area (TPSA) is 26.0 Å². The van der Waals surface area contributed by atoms with Crippen LogP contribution in [0.3, 0.4) is 0 Å². The van der Waals surface area contributed by atoms with Gasteiger partial charge in [-0.1, -0.05) is 45.7 Å². The molecule has 2 rings (SSSR count). The van der Waals surface area contributed by atoms with Gasteiger partial charge in [0, 0.05) is 21.1 Å². The van der Waals surface area contributed by atoms with Crippen molar-refractivity contribution in [2.45, 2.75) is 12.5 Å². The first-order chi connectivity index (χ1) is 8.58. The highest BCUT2D eigenvalue weighted by Gasteiger charge is 2.13.